The van der Waals surface area contributed by atoms with Crippen molar-refractivity contribution in [2.45, 2.75) is 0 Å². The molecule has 2 rings (SSSR count). The van der Waals surface area contributed by atoms with E-state index in [1.54, 1.807) is 0 Å². The van der Waals surface area contributed by atoms with Crippen LogP contribution in [0.25, 0.3) is 6.05 Å². The quantitative estimate of drug-likeness (QED) is 0.505. The first-order valence-electron chi connectivity index (χ1n) is 3.69. The van der Waals surface area contributed by atoms with Gasteiger partial charge in [-0.05, 0) is 5.56 Å². The second kappa shape index (κ2) is 5.87. The zero-order chi connectivity index (χ0) is 7.84. The van der Waals surface area contributed by atoms with E-state index >= 15 is 0 Å². The summed E-state index contributed by atoms with van der Waals surface area (Å²) in [6.45, 7) is 0. The zero-order valence-corrected chi connectivity index (χ0v) is 13.5. The average Bonchev–Trinajstić information content (AvgIpc) is 2.30. The van der Waals surface area contributed by atoms with E-state index in [0.29, 0.717) is 11.4 Å². The minimum atomic E-state index is 0. The molecule has 0 nitrogen and oxygen atoms in total. The summed E-state index contributed by atoms with van der Waals surface area (Å²) >= 11 is 0. The molecule has 50 valence electrons. The van der Waals surface area contributed by atoms with Gasteiger partial charge in [-0.15, -0.1) is 5.37 Å². The summed E-state index contributed by atoms with van der Waals surface area (Å²) in [6, 6.07) is 8.18. The largest absolute Gasteiger partial charge is 0.174 e. The van der Waals surface area contributed by atoms with E-state index in [9.17, 15) is 0 Å². The maximum absolute atomic E-state index is 7.54. The Labute approximate surface area is 125 Å². The van der Waals surface area contributed by atoms with Gasteiger partial charge in [0.05, 0.1) is 9.22 Å². The Morgan fingerprint density at radius 1 is 1.33 bits per heavy atom. The molecule has 4 heteroatoms. The summed E-state index contributed by atoms with van der Waals surface area (Å²) in [5.41, 5.74) is 1.99. The molecule has 1 aliphatic rings. The molecule has 1 aliphatic heterocycles. The van der Waals surface area contributed by atoms with Gasteiger partial charge in [0.2, 0.25) is 0 Å². The molecule has 1 aromatic carbocycles. The van der Waals surface area contributed by atoms with Gasteiger partial charge in [0.25, 0.3) is 0 Å². The van der Waals surface area contributed by atoms with Crippen molar-refractivity contribution in [3.63, 3.8) is 0 Å². The maximum atomic E-state index is 7.54. The van der Waals surface area contributed by atoms with Gasteiger partial charge in [-0.3, -0.25) is 0 Å². The smallest absolute Gasteiger partial charge is 0.146 e. The van der Waals surface area contributed by atoms with E-state index < -0.39 is 0 Å². The standard InChI is InChI=1S/C8H5B2.U.Y/c9-8-5-6-3-1-2-4-7(6)10-8;;/h1-5H;;/i5D;;. The van der Waals surface area contributed by atoms with Gasteiger partial charge in [-0.25, -0.2) is 0 Å². The first-order valence-corrected chi connectivity index (χ1v) is 3.19. The van der Waals surface area contributed by atoms with Gasteiger partial charge in [0.15, 0.2) is 7.28 Å². The molecule has 0 atom stereocenters. The molecular formula is C8H5B2UY. The molecule has 1 aromatic rings. The molecule has 0 bridgehead atoms. The van der Waals surface area contributed by atoms with Crippen molar-refractivity contribution in [2.24, 2.45) is 0 Å². The third-order valence-corrected chi connectivity index (χ3v) is 1.55. The Kier molecular flexibility index (Phi) is 5.54. The predicted molar refractivity (Wildman–Crippen MR) is 45.6 cm³/mol. The number of hydrogen-bond donors (Lipinski definition) is 0. The van der Waals surface area contributed by atoms with Crippen LogP contribution in [-0.4, -0.2) is 15.1 Å². The molecule has 0 amide bonds. The summed E-state index contributed by atoms with van der Waals surface area (Å²) in [5, 5.41) is 0.561. The molecule has 0 aliphatic carbocycles. The SMILES string of the molecule is [2H]C1=C([B])[B]c2ccccc21.[U].[Y]. The first-order chi connectivity index (χ1) is 5.29. The number of hydrogen-bond acceptors (Lipinski definition) is 0. The van der Waals surface area contributed by atoms with Gasteiger partial charge in [-0.2, -0.15) is 0 Å². The van der Waals surface area contributed by atoms with Crippen LogP contribution in [0.5, 0.6) is 0 Å². The number of benzene rings is 1. The summed E-state index contributed by atoms with van der Waals surface area (Å²) < 4.78 is 7.54. The molecule has 12 heavy (non-hydrogen) atoms. The van der Waals surface area contributed by atoms with Crippen molar-refractivity contribution in [3.8, 4) is 0 Å². The Hall–Kier alpha value is 1.25. The molecule has 0 saturated carbocycles. The van der Waals surface area contributed by atoms with Crippen LogP contribution < -0.4 is 5.46 Å². The normalized spacial score (nSPS) is 13.5. The third-order valence-electron chi connectivity index (χ3n) is 1.55. The number of fused-ring (bicyclic) bond motifs is 1. The van der Waals surface area contributed by atoms with Crippen LogP contribution >= 0.6 is 0 Å². The summed E-state index contributed by atoms with van der Waals surface area (Å²) in [7, 11) is 7.40. The van der Waals surface area contributed by atoms with Crippen LogP contribution in [0.4, 0.5) is 0 Å². The average molecular weight is 451 g/mol. The first kappa shape index (κ1) is 11.3. The molecule has 1 heterocycles. The second-order valence-electron chi connectivity index (χ2n) is 2.31. The minimum absolute atomic E-state index is 0. The van der Waals surface area contributed by atoms with Gasteiger partial charge in [0, 0.05) is 63.8 Å². The van der Waals surface area contributed by atoms with Crippen molar-refractivity contribution in [3.05, 3.63) is 35.2 Å². The van der Waals surface area contributed by atoms with Gasteiger partial charge >= 0.3 is 0 Å². The zero-order valence-electron chi connectivity index (χ0n) is 7.54. The summed E-state index contributed by atoms with van der Waals surface area (Å²) in [6.07, 6.45) is 0. The van der Waals surface area contributed by atoms with Gasteiger partial charge < -0.3 is 0 Å². The Morgan fingerprint density at radius 3 is 2.67 bits per heavy atom. The van der Waals surface area contributed by atoms with Crippen LogP contribution in [0.15, 0.2) is 29.6 Å². The monoisotopic (exact) mass is 451 g/mol. The van der Waals surface area contributed by atoms with E-state index in [2.05, 4.69) is 0 Å². The van der Waals surface area contributed by atoms with Crippen LogP contribution in [-0.2, 0) is 32.7 Å². The maximum Gasteiger partial charge on any atom is 0.174 e. The van der Waals surface area contributed by atoms with Crippen molar-refractivity contribution in [1.82, 2.24) is 0 Å². The van der Waals surface area contributed by atoms with E-state index in [1.807, 2.05) is 31.5 Å². The molecule has 0 aromatic heterocycles. The Balaban J connectivity index is 0.000000720. The Bertz CT molecular complexity index is 341. The van der Waals surface area contributed by atoms with Crippen molar-refractivity contribution < 1.29 is 65.2 Å². The van der Waals surface area contributed by atoms with E-state index in [-0.39, 0.29) is 63.8 Å². The van der Waals surface area contributed by atoms with Crippen LogP contribution in [0, 0.1) is 31.1 Å². The molecule has 0 unspecified atom stereocenters. The number of rotatable bonds is 0. The summed E-state index contributed by atoms with van der Waals surface area (Å²) in [5.74, 6) is 0. The van der Waals surface area contributed by atoms with Crippen LogP contribution in [0.1, 0.15) is 6.93 Å². The topological polar surface area (TPSA) is 0 Å². The van der Waals surface area contributed by atoms with Gasteiger partial charge in [0.1, 0.15) is 0 Å². The van der Waals surface area contributed by atoms with E-state index in [1.165, 1.54) is 0 Å². The third kappa shape index (κ3) is 2.88. The van der Waals surface area contributed by atoms with Crippen molar-refractivity contribution in [1.29, 1.82) is 0 Å². The van der Waals surface area contributed by atoms with Gasteiger partial charge in [-0.1, -0.05) is 35.8 Å². The van der Waals surface area contributed by atoms with Crippen molar-refractivity contribution >= 4 is 26.6 Å². The van der Waals surface area contributed by atoms with Crippen molar-refractivity contribution in [2.75, 3.05) is 0 Å². The summed E-state index contributed by atoms with van der Waals surface area (Å²) in [4.78, 5) is 0. The fraction of sp³-hybridized carbons (Fsp3) is 0. The second-order valence-corrected chi connectivity index (χ2v) is 2.31. The molecular weight excluding hydrogens is 445 g/mol. The fourth-order valence-electron chi connectivity index (χ4n) is 1.10. The predicted octanol–water partition coefficient (Wildman–Crippen LogP) is 0.494. The minimum Gasteiger partial charge on any atom is -0.146 e. The molecule has 0 saturated heterocycles. The Morgan fingerprint density at radius 2 is 2.00 bits per heavy atom. The molecule has 4 radical (unpaired) electrons. The van der Waals surface area contributed by atoms with E-state index in [0.717, 1.165) is 11.0 Å². The van der Waals surface area contributed by atoms with Crippen LogP contribution in [0.2, 0.25) is 0 Å². The molecule has 0 fully saturated rings. The molecule has 0 spiro atoms. The van der Waals surface area contributed by atoms with E-state index in [4.69, 9.17) is 9.22 Å². The molecule has 0 N–H and O–H groups in total. The van der Waals surface area contributed by atoms with Crippen LogP contribution in [0.3, 0.4) is 0 Å². The fourth-order valence-corrected chi connectivity index (χ4v) is 1.10.